The molecule has 37 heavy (non-hydrogen) atoms. The molecule has 3 amide bonds. The van der Waals surface area contributed by atoms with Crippen molar-refractivity contribution in [3.63, 3.8) is 0 Å². The molecule has 1 saturated carbocycles. The predicted molar refractivity (Wildman–Crippen MR) is 141 cm³/mol. The van der Waals surface area contributed by atoms with Gasteiger partial charge >= 0.3 is 0 Å². The molecule has 1 heterocycles. The van der Waals surface area contributed by atoms with E-state index in [0.717, 1.165) is 36.4 Å². The van der Waals surface area contributed by atoms with E-state index in [-0.39, 0.29) is 41.9 Å². The van der Waals surface area contributed by atoms with Crippen LogP contribution in [0.5, 0.6) is 0 Å². The quantitative estimate of drug-likeness (QED) is 0.511. The molecule has 1 aliphatic carbocycles. The molecule has 2 aromatic carbocycles. The number of rotatable bonds is 8. The Kier molecular flexibility index (Phi) is 8.46. The number of halogens is 2. The van der Waals surface area contributed by atoms with Crippen molar-refractivity contribution in [2.24, 2.45) is 0 Å². The second-order valence-electron chi connectivity index (χ2n) is 9.42. The fraction of sp³-hybridized carbons (Fsp3) is 0.423. The Bertz CT molecular complexity index is 1310. The number of sulfonamides is 1. The molecular weight excluding hydrogens is 537 g/mol. The summed E-state index contributed by atoms with van der Waals surface area (Å²) in [6.07, 6.45) is 4.76. The second-order valence-corrected chi connectivity index (χ2v) is 12.1. The summed E-state index contributed by atoms with van der Waals surface area (Å²) in [7, 11) is -4.04. The number of nitrogens with one attached hydrogen (secondary N) is 1. The van der Waals surface area contributed by atoms with Gasteiger partial charge in [-0.1, -0.05) is 60.7 Å². The molecule has 1 atom stereocenters. The zero-order valence-electron chi connectivity index (χ0n) is 20.5. The van der Waals surface area contributed by atoms with Crippen LogP contribution in [0.1, 0.15) is 61.4 Å². The lowest BCUT2D eigenvalue weighted by molar-refractivity contribution is -0.141. The second kappa shape index (κ2) is 11.4. The van der Waals surface area contributed by atoms with E-state index < -0.39 is 27.9 Å². The van der Waals surface area contributed by atoms with Crippen molar-refractivity contribution in [1.29, 1.82) is 0 Å². The van der Waals surface area contributed by atoms with Gasteiger partial charge in [-0.3, -0.25) is 14.4 Å². The highest BCUT2D eigenvalue weighted by Crippen LogP contribution is 2.30. The van der Waals surface area contributed by atoms with Gasteiger partial charge < -0.3 is 10.2 Å². The van der Waals surface area contributed by atoms with E-state index in [9.17, 15) is 22.8 Å². The largest absolute Gasteiger partial charge is 0.352 e. The van der Waals surface area contributed by atoms with Gasteiger partial charge in [-0.25, -0.2) is 12.7 Å². The van der Waals surface area contributed by atoms with Gasteiger partial charge in [0.15, 0.2) is 0 Å². The first kappa shape index (κ1) is 27.4. The summed E-state index contributed by atoms with van der Waals surface area (Å²) in [5.74, 6) is -1.41. The van der Waals surface area contributed by atoms with Gasteiger partial charge in [-0.2, -0.15) is 0 Å². The van der Waals surface area contributed by atoms with E-state index in [2.05, 4.69) is 5.32 Å². The fourth-order valence-corrected chi connectivity index (χ4v) is 6.67. The lowest BCUT2D eigenvalue weighted by Gasteiger charge is -2.31. The minimum atomic E-state index is -4.04. The Hall–Kier alpha value is -2.62. The van der Waals surface area contributed by atoms with Gasteiger partial charge in [0.05, 0.1) is 15.6 Å². The number of carbonyl (C=O) groups excluding carboxylic acids is 3. The van der Waals surface area contributed by atoms with Gasteiger partial charge in [0.2, 0.25) is 11.8 Å². The SMILES string of the molecule is CC(C(=O)NC1CCCCC1)N(Cc1ccc(Cl)c(Cl)c1)C(=O)CCN1C(=O)c2ccccc2S1(=O)=O. The minimum absolute atomic E-state index is 0.0654. The predicted octanol–water partition coefficient (Wildman–Crippen LogP) is 4.39. The first-order chi connectivity index (χ1) is 17.6. The van der Waals surface area contributed by atoms with Crippen LogP contribution in [0, 0.1) is 0 Å². The zero-order chi connectivity index (χ0) is 26.7. The summed E-state index contributed by atoms with van der Waals surface area (Å²) in [4.78, 5) is 40.6. The zero-order valence-corrected chi connectivity index (χ0v) is 22.8. The molecule has 1 unspecified atom stereocenters. The van der Waals surface area contributed by atoms with Crippen molar-refractivity contribution in [1.82, 2.24) is 14.5 Å². The third kappa shape index (κ3) is 5.94. The number of nitrogens with zero attached hydrogens (tertiary/aromatic N) is 2. The van der Waals surface area contributed by atoms with E-state index in [1.54, 1.807) is 37.3 Å². The van der Waals surface area contributed by atoms with Gasteiger partial charge in [-0.05, 0) is 49.6 Å². The van der Waals surface area contributed by atoms with Gasteiger partial charge in [-0.15, -0.1) is 0 Å². The third-order valence-electron chi connectivity index (χ3n) is 6.90. The Labute approximate surface area is 227 Å². The maximum Gasteiger partial charge on any atom is 0.269 e. The molecule has 0 saturated heterocycles. The smallest absolute Gasteiger partial charge is 0.269 e. The molecule has 0 spiro atoms. The van der Waals surface area contributed by atoms with Crippen LogP contribution >= 0.6 is 23.2 Å². The van der Waals surface area contributed by atoms with Gasteiger partial charge in [0.1, 0.15) is 10.9 Å². The number of benzene rings is 2. The lowest BCUT2D eigenvalue weighted by Crippen LogP contribution is -2.50. The summed E-state index contributed by atoms with van der Waals surface area (Å²) in [6, 6.07) is 10.2. The molecule has 8 nitrogen and oxygen atoms in total. The van der Waals surface area contributed by atoms with Crippen molar-refractivity contribution >= 4 is 50.9 Å². The third-order valence-corrected chi connectivity index (χ3v) is 9.48. The Balaban J connectivity index is 1.51. The molecule has 1 fully saturated rings. The normalized spacial score (nSPS) is 17.8. The van der Waals surface area contributed by atoms with E-state index >= 15 is 0 Å². The van der Waals surface area contributed by atoms with Crippen molar-refractivity contribution < 1.29 is 22.8 Å². The molecule has 4 rings (SSSR count). The van der Waals surface area contributed by atoms with E-state index in [1.807, 2.05) is 0 Å². The van der Waals surface area contributed by atoms with Crippen LogP contribution in [-0.2, 0) is 26.2 Å². The van der Waals surface area contributed by atoms with Crippen LogP contribution in [0.4, 0.5) is 0 Å². The van der Waals surface area contributed by atoms with Crippen LogP contribution in [0.2, 0.25) is 10.0 Å². The van der Waals surface area contributed by atoms with Crippen LogP contribution in [0.3, 0.4) is 0 Å². The van der Waals surface area contributed by atoms with Crippen LogP contribution in [0.25, 0.3) is 0 Å². The Morgan fingerprint density at radius 1 is 1.08 bits per heavy atom. The maximum absolute atomic E-state index is 13.4. The molecule has 2 aromatic rings. The van der Waals surface area contributed by atoms with E-state index in [4.69, 9.17) is 23.2 Å². The summed E-state index contributed by atoms with van der Waals surface area (Å²) >= 11 is 12.2. The Morgan fingerprint density at radius 2 is 1.78 bits per heavy atom. The highest BCUT2D eigenvalue weighted by atomic mass is 35.5. The summed E-state index contributed by atoms with van der Waals surface area (Å²) < 4.78 is 26.5. The van der Waals surface area contributed by atoms with E-state index in [1.165, 1.54) is 17.0 Å². The summed E-state index contributed by atoms with van der Waals surface area (Å²) in [5, 5.41) is 3.73. The fourth-order valence-electron chi connectivity index (χ4n) is 4.78. The average molecular weight is 567 g/mol. The van der Waals surface area contributed by atoms with Crippen LogP contribution in [-0.4, -0.2) is 54.0 Å². The molecule has 198 valence electrons. The highest BCUT2D eigenvalue weighted by molar-refractivity contribution is 7.90. The van der Waals surface area contributed by atoms with Crippen LogP contribution < -0.4 is 5.32 Å². The lowest BCUT2D eigenvalue weighted by atomic mass is 9.95. The standard InChI is InChI=1S/C26H29Cl2N3O5S/c1-17(25(33)29-19-7-3-2-4-8-19)30(16-18-11-12-21(27)22(28)15-18)24(32)13-14-31-26(34)20-9-5-6-10-23(20)37(31,35)36/h5-6,9-12,15,17,19H,2-4,7-8,13-14,16H2,1H3,(H,29,33). The first-order valence-electron chi connectivity index (χ1n) is 12.3. The molecule has 0 bridgehead atoms. The molecule has 1 N–H and O–H groups in total. The number of hydrogen-bond donors (Lipinski definition) is 1. The summed E-state index contributed by atoms with van der Waals surface area (Å²) in [6.45, 7) is 1.38. The van der Waals surface area contributed by atoms with Crippen molar-refractivity contribution in [2.45, 2.75) is 69.0 Å². The monoisotopic (exact) mass is 565 g/mol. The average Bonchev–Trinajstić information content (AvgIpc) is 3.08. The molecule has 11 heteroatoms. The number of fused-ring (bicyclic) bond motifs is 1. The molecule has 2 aliphatic rings. The maximum atomic E-state index is 13.4. The van der Waals surface area contributed by atoms with Crippen LogP contribution in [0.15, 0.2) is 47.4 Å². The van der Waals surface area contributed by atoms with E-state index in [0.29, 0.717) is 15.6 Å². The van der Waals surface area contributed by atoms with Gasteiger partial charge in [0.25, 0.3) is 15.9 Å². The molecule has 1 aliphatic heterocycles. The molecular formula is C26H29Cl2N3O5S. The Morgan fingerprint density at radius 3 is 2.46 bits per heavy atom. The minimum Gasteiger partial charge on any atom is -0.352 e. The highest BCUT2D eigenvalue weighted by Gasteiger charge is 2.41. The number of amides is 3. The summed E-state index contributed by atoms with van der Waals surface area (Å²) in [5.41, 5.74) is 0.750. The molecule has 0 aromatic heterocycles. The van der Waals surface area contributed by atoms with Crippen molar-refractivity contribution in [3.8, 4) is 0 Å². The van der Waals surface area contributed by atoms with Gasteiger partial charge in [0, 0.05) is 25.6 Å². The topological polar surface area (TPSA) is 104 Å². The molecule has 0 radical (unpaired) electrons. The van der Waals surface area contributed by atoms with Crippen molar-refractivity contribution in [2.75, 3.05) is 6.54 Å². The number of hydrogen-bond acceptors (Lipinski definition) is 5. The number of carbonyl (C=O) groups is 3. The van der Waals surface area contributed by atoms with Crippen molar-refractivity contribution in [3.05, 3.63) is 63.6 Å². The first-order valence-corrected chi connectivity index (χ1v) is 14.5.